The lowest BCUT2D eigenvalue weighted by Gasteiger charge is -2.21. The molecule has 0 bridgehead atoms. The van der Waals surface area contributed by atoms with Gasteiger partial charge in [-0.25, -0.2) is 0 Å². The van der Waals surface area contributed by atoms with Crippen LogP contribution in [-0.2, 0) is 9.59 Å². The number of carboxylic acids is 1. The van der Waals surface area contributed by atoms with Gasteiger partial charge in [0.2, 0.25) is 5.91 Å². The Morgan fingerprint density at radius 1 is 1.24 bits per heavy atom. The third-order valence-electron chi connectivity index (χ3n) is 3.38. The van der Waals surface area contributed by atoms with Crippen LogP contribution in [0.25, 0.3) is 0 Å². The Hall–Kier alpha value is -1.84. The summed E-state index contributed by atoms with van der Waals surface area (Å²) < 4.78 is 0. The SMILES string of the molecule is Cc1ccccc1C(CC(=O)O)NC(=O)CCC(C)(C)C. The number of aryl methyl sites for hydroxylation is 1. The molecule has 1 aromatic rings. The van der Waals surface area contributed by atoms with Gasteiger partial charge in [0, 0.05) is 6.42 Å². The van der Waals surface area contributed by atoms with Crippen LogP contribution in [0.1, 0.15) is 57.2 Å². The summed E-state index contributed by atoms with van der Waals surface area (Å²) in [5, 5.41) is 11.9. The molecule has 1 atom stereocenters. The van der Waals surface area contributed by atoms with Crippen LogP contribution in [0.5, 0.6) is 0 Å². The van der Waals surface area contributed by atoms with Crippen molar-refractivity contribution in [2.24, 2.45) is 5.41 Å². The van der Waals surface area contributed by atoms with Crippen LogP contribution >= 0.6 is 0 Å². The molecule has 0 spiro atoms. The third kappa shape index (κ3) is 6.43. The number of carbonyl (C=O) groups is 2. The van der Waals surface area contributed by atoms with E-state index in [1.54, 1.807) is 0 Å². The average molecular weight is 291 g/mol. The van der Waals surface area contributed by atoms with E-state index in [1.807, 2.05) is 31.2 Å². The first kappa shape index (κ1) is 17.2. The highest BCUT2D eigenvalue weighted by Gasteiger charge is 2.20. The summed E-state index contributed by atoms with van der Waals surface area (Å²) in [4.78, 5) is 23.1. The smallest absolute Gasteiger partial charge is 0.305 e. The van der Waals surface area contributed by atoms with Gasteiger partial charge in [-0.05, 0) is 29.9 Å². The Morgan fingerprint density at radius 3 is 2.38 bits per heavy atom. The summed E-state index contributed by atoms with van der Waals surface area (Å²) >= 11 is 0. The van der Waals surface area contributed by atoms with E-state index < -0.39 is 12.0 Å². The molecule has 0 saturated carbocycles. The number of rotatable bonds is 6. The second-order valence-electron chi connectivity index (χ2n) is 6.64. The first-order chi connectivity index (χ1) is 9.69. The lowest BCUT2D eigenvalue weighted by Crippen LogP contribution is -2.31. The number of hydrogen-bond donors (Lipinski definition) is 2. The molecule has 2 N–H and O–H groups in total. The monoisotopic (exact) mass is 291 g/mol. The molecule has 0 aliphatic rings. The van der Waals surface area contributed by atoms with Crippen molar-refractivity contribution in [3.8, 4) is 0 Å². The zero-order valence-corrected chi connectivity index (χ0v) is 13.3. The zero-order valence-electron chi connectivity index (χ0n) is 13.3. The second-order valence-corrected chi connectivity index (χ2v) is 6.64. The van der Waals surface area contributed by atoms with Gasteiger partial charge in [0.05, 0.1) is 12.5 Å². The number of aliphatic carboxylic acids is 1. The van der Waals surface area contributed by atoms with Crippen LogP contribution in [0.3, 0.4) is 0 Å². The van der Waals surface area contributed by atoms with E-state index in [-0.39, 0.29) is 17.7 Å². The first-order valence-corrected chi connectivity index (χ1v) is 7.26. The first-order valence-electron chi connectivity index (χ1n) is 7.26. The molecule has 0 saturated heterocycles. The number of hydrogen-bond acceptors (Lipinski definition) is 2. The van der Waals surface area contributed by atoms with Crippen LogP contribution in [0.2, 0.25) is 0 Å². The molecule has 0 aliphatic carbocycles. The molecule has 1 amide bonds. The second kappa shape index (κ2) is 7.25. The van der Waals surface area contributed by atoms with Crippen molar-refractivity contribution in [3.05, 3.63) is 35.4 Å². The predicted octanol–water partition coefficient (Wildman–Crippen LogP) is 3.45. The van der Waals surface area contributed by atoms with Gasteiger partial charge in [0.1, 0.15) is 0 Å². The summed E-state index contributed by atoms with van der Waals surface area (Å²) in [5.74, 6) is -1.01. The molecule has 1 unspecified atom stereocenters. The van der Waals surface area contributed by atoms with Crippen molar-refractivity contribution in [3.63, 3.8) is 0 Å². The van der Waals surface area contributed by atoms with Crippen LogP contribution in [-0.4, -0.2) is 17.0 Å². The van der Waals surface area contributed by atoms with E-state index in [9.17, 15) is 9.59 Å². The van der Waals surface area contributed by atoms with Crippen LogP contribution in [0, 0.1) is 12.3 Å². The van der Waals surface area contributed by atoms with E-state index in [0.717, 1.165) is 17.5 Å². The van der Waals surface area contributed by atoms with Gasteiger partial charge >= 0.3 is 5.97 Å². The number of benzene rings is 1. The largest absolute Gasteiger partial charge is 0.481 e. The molecule has 21 heavy (non-hydrogen) atoms. The standard InChI is InChI=1S/C17H25NO3/c1-12-7-5-6-8-13(12)14(11-16(20)21)18-15(19)9-10-17(2,3)4/h5-8,14H,9-11H2,1-4H3,(H,18,19)(H,20,21). The van der Waals surface area contributed by atoms with E-state index in [1.165, 1.54) is 0 Å². The number of amides is 1. The summed E-state index contributed by atoms with van der Waals surface area (Å²) in [6.45, 7) is 8.16. The molecule has 0 heterocycles. The number of carboxylic acid groups (broad SMARTS) is 1. The highest BCUT2D eigenvalue weighted by molar-refractivity contribution is 5.77. The Balaban J connectivity index is 2.78. The minimum Gasteiger partial charge on any atom is -0.481 e. The molecule has 1 aromatic carbocycles. The van der Waals surface area contributed by atoms with Crippen molar-refractivity contribution < 1.29 is 14.7 Å². The molecule has 1 rings (SSSR count). The van der Waals surface area contributed by atoms with Crippen molar-refractivity contribution in [1.82, 2.24) is 5.32 Å². The third-order valence-corrected chi connectivity index (χ3v) is 3.38. The van der Waals surface area contributed by atoms with Gasteiger partial charge in [-0.15, -0.1) is 0 Å². The summed E-state index contributed by atoms with van der Waals surface area (Å²) in [7, 11) is 0. The van der Waals surface area contributed by atoms with Crippen molar-refractivity contribution in [1.29, 1.82) is 0 Å². The number of nitrogens with one attached hydrogen (secondary N) is 1. The Labute approximate surface area is 126 Å². The highest BCUT2D eigenvalue weighted by atomic mass is 16.4. The van der Waals surface area contributed by atoms with Gasteiger partial charge in [0.15, 0.2) is 0 Å². The van der Waals surface area contributed by atoms with Gasteiger partial charge in [-0.3, -0.25) is 9.59 Å². The van der Waals surface area contributed by atoms with Crippen LogP contribution < -0.4 is 5.32 Å². The van der Waals surface area contributed by atoms with Gasteiger partial charge in [0.25, 0.3) is 0 Å². The Morgan fingerprint density at radius 2 is 1.86 bits per heavy atom. The molecule has 116 valence electrons. The minimum absolute atomic E-state index is 0.0856. The van der Waals surface area contributed by atoms with Gasteiger partial charge < -0.3 is 10.4 Å². The van der Waals surface area contributed by atoms with Gasteiger partial charge in [-0.1, -0.05) is 45.0 Å². The highest BCUT2D eigenvalue weighted by Crippen LogP contribution is 2.23. The molecule has 0 aromatic heterocycles. The van der Waals surface area contributed by atoms with E-state index >= 15 is 0 Å². The van der Waals surface area contributed by atoms with Gasteiger partial charge in [-0.2, -0.15) is 0 Å². The summed E-state index contributed by atoms with van der Waals surface area (Å²) in [5.41, 5.74) is 1.94. The quantitative estimate of drug-likeness (QED) is 0.843. The van der Waals surface area contributed by atoms with Crippen LogP contribution in [0.15, 0.2) is 24.3 Å². The fourth-order valence-corrected chi connectivity index (χ4v) is 2.15. The van der Waals surface area contributed by atoms with Crippen LogP contribution in [0.4, 0.5) is 0 Å². The fraction of sp³-hybridized carbons (Fsp3) is 0.529. The number of carbonyl (C=O) groups excluding carboxylic acids is 1. The summed E-state index contributed by atoms with van der Waals surface area (Å²) in [6.07, 6.45) is 1.07. The molecule has 4 heteroatoms. The lowest BCUT2D eigenvalue weighted by atomic mass is 9.90. The Bertz CT molecular complexity index is 503. The van der Waals surface area contributed by atoms with E-state index in [4.69, 9.17) is 5.11 Å². The fourth-order valence-electron chi connectivity index (χ4n) is 2.15. The molecular weight excluding hydrogens is 266 g/mol. The maximum Gasteiger partial charge on any atom is 0.305 e. The topological polar surface area (TPSA) is 66.4 Å². The Kier molecular flexibility index (Phi) is 5.94. The predicted molar refractivity (Wildman–Crippen MR) is 83.0 cm³/mol. The van der Waals surface area contributed by atoms with Crippen molar-refractivity contribution in [2.75, 3.05) is 0 Å². The molecule has 0 aliphatic heterocycles. The minimum atomic E-state index is -0.917. The maximum absolute atomic E-state index is 12.1. The maximum atomic E-state index is 12.1. The zero-order chi connectivity index (χ0) is 16.0. The van der Waals surface area contributed by atoms with Crippen molar-refractivity contribution >= 4 is 11.9 Å². The van der Waals surface area contributed by atoms with E-state index in [0.29, 0.717) is 6.42 Å². The molecule has 4 nitrogen and oxygen atoms in total. The van der Waals surface area contributed by atoms with E-state index in [2.05, 4.69) is 26.1 Å². The molecule has 0 fully saturated rings. The van der Waals surface area contributed by atoms with Crippen molar-refractivity contribution in [2.45, 2.75) is 53.0 Å². The summed E-state index contributed by atoms with van der Waals surface area (Å²) in [6, 6.07) is 7.07. The average Bonchev–Trinajstić information content (AvgIpc) is 2.35. The molecule has 0 radical (unpaired) electrons. The normalized spacial score (nSPS) is 12.8. The molecular formula is C17H25NO3. The lowest BCUT2D eigenvalue weighted by molar-refractivity contribution is -0.137.